The molecule has 1 heterocycles. The zero-order valence-electron chi connectivity index (χ0n) is 12.0. The third-order valence-corrected chi connectivity index (χ3v) is 5.00. The van der Waals surface area contributed by atoms with Crippen molar-refractivity contribution in [3.8, 4) is 0 Å². The minimum absolute atomic E-state index is 0.123. The monoisotopic (exact) mass is 291 g/mol. The number of hydrogen-bond donors (Lipinski definition) is 2. The Labute approximate surface area is 115 Å². The van der Waals surface area contributed by atoms with Crippen LogP contribution in [0, 0.1) is 0 Å². The molecule has 0 saturated carbocycles. The summed E-state index contributed by atoms with van der Waals surface area (Å²) in [6.07, 6.45) is 2.11. The Balaban J connectivity index is 2.31. The topological polar surface area (TPSA) is 79.8 Å². The summed E-state index contributed by atoms with van der Waals surface area (Å²) >= 11 is 0. The van der Waals surface area contributed by atoms with Gasteiger partial charge < -0.3 is 15.4 Å². The van der Waals surface area contributed by atoms with E-state index in [1.54, 1.807) is 14.0 Å². The van der Waals surface area contributed by atoms with E-state index in [9.17, 15) is 8.42 Å². The van der Waals surface area contributed by atoms with Crippen molar-refractivity contribution >= 4 is 15.8 Å². The minimum atomic E-state index is -2.94. The molecule has 2 N–H and O–H groups in total. The van der Waals surface area contributed by atoms with Gasteiger partial charge in [-0.1, -0.05) is 6.92 Å². The molecule has 0 aromatic rings. The van der Waals surface area contributed by atoms with Crippen LogP contribution in [0.2, 0.25) is 0 Å². The lowest BCUT2D eigenvalue weighted by Gasteiger charge is -2.24. The third-order valence-electron chi connectivity index (χ3n) is 3.30. The predicted molar refractivity (Wildman–Crippen MR) is 77.3 cm³/mol. The lowest BCUT2D eigenvalue weighted by Crippen LogP contribution is -2.46. The van der Waals surface area contributed by atoms with Crippen LogP contribution in [0.4, 0.5) is 0 Å². The van der Waals surface area contributed by atoms with E-state index in [0.29, 0.717) is 19.0 Å². The van der Waals surface area contributed by atoms with Gasteiger partial charge in [0, 0.05) is 32.5 Å². The summed E-state index contributed by atoms with van der Waals surface area (Å²) in [7, 11) is -1.27. The Kier molecular flexibility index (Phi) is 6.06. The molecule has 0 radical (unpaired) electrons. The summed E-state index contributed by atoms with van der Waals surface area (Å²) in [6, 6.07) is 0. The molecule has 0 bridgehead atoms. The van der Waals surface area contributed by atoms with Crippen molar-refractivity contribution in [2.45, 2.75) is 32.3 Å². The Morgan fingerprint density at radius 2 is 2.16 bits per heavy atom. The Bertz CT molecular complexity index is 400. The highest BCUT2D eigenvalue weighted by Gasteiger charge is 2.29. The zero-order chi connectivity index (χ0) is 14.4. The normalized spacial score (nSPS) is 24.5. The second kappa shape index (κ2) is 7.09. The second-order valence-electron chi connectivity index (χ2n) is 4.99. The maximum absolute atomic E-state index is 11.4. The first-order valence-corrected chi connectivity index (χ1v) is 8.52. The zero-order valence-corrected chi connectivity index (χ0v) is 12.8. The van der Waals surface area contributed by atoms with E-state index < -0.39 is 9.84 Å². The first-order chi connectivity index (χ1) is 8.91. The SMILES string of the molecule is CCS(=O)(=O)CCNC(=NC)NCC1(C)CCCO1. The van der Waals surface area contributed by atoms with Gasteiger partial charge in [0.15, 0.2) is 15.8 Å². The maximum atomic E-state index is 11.4. The molecule has 1 rings (SSSR count). The molecule has 6 nitrogen and oxygen atoms in total. The molecular formula is C12H25N3O3S. The van der Waals surface area contributed by atoms with Gasteiger partial charge in [0.1, 0.15) is 0 Å². The summed E-state index contributed by atoms with van der Waals surface area (Å²) in [5.74, 6) is 0.910. The van der Waals surface area contributed by atoms with Gasteiger partial charge in [0.2, 0.25) is 0 Å². The fraction of sp³-hybridized carbons (Fsp3) is 0.917. The van der Waals surface area contributed by atoms with Gasteiger partial charge in [-0.2, -0.15) is 0 Å². The predicted octanol–water partition coefficient (Wildman–Crippen LogP) is 0.155. The number of ether oxygens (including phenoxy) is 1. The molecule has 1 aliphatic heterocycles. The Hall–Kier alpha value is -0.820. The van der Waals surface area contributed by atoms with Crippen LogP contribution in [0.25, 0.3) is 0 Å². The van der Waals surface area contributed by atoms with Crippen molar-refractivity contribution in [1.29, 1.82) is 0 Å². The lowest BCUT2D eigenvalue weighted by molar-refractivity contribution is 0.0243. The quantitative estimate of drug-likeness (QED) is 0.538. The van der Waals surface area contributed by atoms with E-state index in [-0.39, 0.29) is 17.1 Å². The second-order valence-corrected chi connectivity index (χ2v) is 7.46. The molecule has 0 aromatic heterocycles. The molecule has 0 amide bonds. The van der Waals surface area contributed by atoms with Gasteiger partial charge in [-0.05, 0) is 19.8 Å². The molecule has 0 aromatic carbocycles. The minimum Gasteiger partial charge on any atom is -0.373 e. The summed E-state index contributed by atoms with van der Waals surface area (Å²) in [4.78, 5) is 4.07. The number of nitrogens with one attached hydrogen (secondary N) is 2. The molecule has 1 saturated heterocycles. The van der Waals surface area contributed by atoms with Gasteiger partial charge in [0.05, 0.1) is 11.4 Å². The van der Waals surface area contributed by atoms with Crippen molar-refractivity contribution in [3.05, 3.63) is 0 Å². The number of guanidine groups is 1. The molecule has 0 spiro atoms. The Morgan fingerprint density at radius 1 is 1.42 bits per heavy atom. The number of sulfone groups is 1. The molecular weight excluding hydrogens is 266 g/mol. The average Bonchev–Trinajstić information content (AvgIpc) is 2.81. The summed E-state index contributed by atoms with van der Waals surface area (Å²) in [6.45, 7) is 5.57. The first kappa shape index (κ1) is 16.2. The van der Waals surface area contributed by atoms with Crippen LogP contribution in [-0.4, -0.2) is 58.2 Å². The first-order valence-electron chi connectivity index (χ1n) is 6.70. The van der Waals surface area contributed by atoms with Gasteiger partial charge in [0.25, 0.3) is 0 Å². The summed E-state index contributed by atoms with van der Waals surface area (Å²) in [5.41, 5.74) is -0.146. The molecule has 1 atom stereocenters. The molecule has 19 heavy (non-hydrogen) atoms. The highest BCUT2D eigenvalue weighted by molar-refractivity contribution is 7.91. The van der Waals surface area contributed by atoms with Crippen LogP contribution >= 0.6 is 0 Å². The van der Waals surface area contributed by atoms with Crippen LogP contribution in [0.1, 0.15) is 26.7 Å². The van der Waals surface area contributed by atoms with Crippen LogP contribution in [0.5, 0.6) is 0 Å². The molecule has 7 heteroatoms. The summed E-state index contributed by atoms with van der Waals surface area (Å²) in [5, 5.41) is 6.18. The van der Waals surface area contributed by atoms with Gasteiger partial charge in [-0.15, -0.1) is 0 Å². The van der Waals surface area contributed by atoms with E-state index in [1.165, 1.54) is 0 Å². The van der Waals surface area contributed by atoms with Crippen LogP contribution in [0.15, 0.2) is 4.99 Å². The Morgan fingerprint density at radius 3 is 2.68 bits per heavy atom. The lowest BCUT2D eigenvalue weighted by atomic mass is 10.0. The van der Waals surface area contributed by atoms with Crippen LogP contribution < -0.4 is 10.6 Å². The van der Waals surface area contributed by atoms with Gasteiger partial charge in [-0.3, -0.25) is 4.99 Å². The number of aliphatic imine (C=N–C) groups is 1. The largest absolute Gasteiger partial charge is 0.373 e. The standard InChI is InChI=1S/C12H25N3O3S/c1-4-19(16,17)9-7-14-11(13-3)15-10-12(2)6-5-8-18-12/h4-10H2,1-3H3,(H2,13,14,15). The van der Waals surface area contributed by atoms with Crippen molar-refractivity contribution < 1.29 is 13.2 Å². The van der Waals surface area contributed by atoms with Crippen molar-refractivity contribution in [2.24, 2.45) is 4.99 Å². The highest BCUT2D eigenvalue weighted by atomic mass is 32.2. The molecule has 1 fully saturated rings. The van der Waals surface area contributed by atoms with E-state index >= 15 is 0 Å². The van der Waals surface area contributed by atoms with Crippen LogP contribution in [-0.2, 0) is 14.6 Å². The van der Waals surface area contributed by atoms with Gasteiger partial charge >= 0.3 is 0 Å². The van der Waals surface area contributed by atoms with Gasteiger partial charge in [-0.25, -0.2) is 8.42 Å². The smallest absolute Gasteiger partial charge is 0.191 e. The molecule has 1 aliphatic rings. The molecule has 112 valence electrons. The van der Waals surface area contributed by atoms with Crippen LogP contribution in [0.3, 0.4) is 0 Å². The van der Waals surface area contributed by atoms with E-state index in [4.69, 9.17) is 4.74 Å². The van der Waals surface area contributed by atoms with Crippen molar-refractivity contribution in [2.75, 3.05) is 38.2 Å². The number of hydrogen-bond acceptors (Lipinski definition) is 4. The van der Waals surface area contributed by atoms with E-state index in [0.717, 1.165) is 19.4 Å². The molecule has 0 aliphatic carbocycles. The van der Waals surface area contributed by atoms with E-state index in [1.807, 2.05) is 0 Å². The fourth-order valence-electron chi connectivity index (χ4n) is 1.94. The maximum Gasteiger partial charge on any atom is 0.191 e. The molecule has 1 unspecified atom stereocenters. The highest BCUT2D eigenvalue weighted by Crippen LogP contribution is 2.23. The van der Waals surface area contributed by atoms with Crippen molar-refractivity contribution in [1.82, 2.24) is 10.6 Å². The number of nitrogens with zero attached hydrogens (tertiary/aromatic N) is 1. The van der Waals surface area contributed by atoms with E-state index in [2.05, 4.69) is 22.5 Å². The third kappa shape index (κ3) is 5.78. The summed E-state index contributed by atoms with van der Waals surface area (Å²) < 4.78 is 28.4. The van der Waals surface area contributed by atoms with Crippen molar-refractivity contribution in [3.63, 3.8) is 0 Å². The fourth-order valence-corrected chi connectivity index (χ4v) is 2.64. The number of rotatable bonds is 6. The average molecular weight is 291 g/mol.